The van der Waals surface area contributed by atoms with Crippen LogP contribution in [0, 0.1) is 10.1 Å². The molecular weight excluding hydrogens is 370 g/mol. The summed E-state index contributed by atoms with van der Waals surface area (Å²) in [6.07, 6.45) is 3.44. The third kappa shape index (κ3) is 3.60. The number of nitro groups is 1. The lowest BCUT2D eigenvalue weighted by Gasteiger charge is -2.18. The first-order valence-electron chi connectivity index (χ1n) is 9.05. The summed E-state index contributed by atoms with van der Waals surface area (Å²) >= 11 is 0. The van der Waals surface area contributed by atoms with Crippen LogP contribution in [0.3, 0.4) is 0 Å². The number of hydrogen-bond donors (Lipinski definition) is 1. The first-order chi connectivity index (χ1) is 14.1. The van der Waals surface area contributed by atoms with Gasteiger partial charge in [-0.15, -0.1) is 0 Å². The summed E-state index contributed by atoms with van der Waals surface area (Å²) in [6.45, 7) is 1.90. The fraction of sp³-hybridized carbons (Fsp3) is 0.143. The van der Waals surface area contributed by atoms with E-state index in [0.717, 1.165) is 16.8 Å². The molecule has 0 bridgehead atoms. The Kier molecular flexibility index (Phi) is 4.82. The molecule has 4 rings (SSSR count). The molecule has 0 aliphatic rings. The van der Waals surface area contributed by atoms with Crippen molar-refractivity contribution >= 4 is 17.0 Å². The van der Waals surface area contributed by atoms with Gasteiger partial charge in [0, 0.05) is 35.7 Å². The highest BCUT2D eigenvalue weighted by atomic mass is 16.6. The number of fused-ring (bicyclic) bond motifs is 1. The SMILES string of the molecule is COc1ccc([N+](=O)[O-])cc1C(C)Nc1nccn2nc(-c3ccccc3)cc12. The molecular formula is C21H19N5O3. The van der Waals surface area contributed by atoms with Crippen molar-refractivity contribution in [1.29, 1.82) is 0 Å². The highest BCUT2D eigenvalue weighted by Crippen LogP contribution is 2.32. The zero-order valence-corrected chi connectivity index (χ0v) is 15.9. The minimum atomic E-state index is -0.419. The van der Waals surface area contributed by atoms with E-state index in [-0.39, 0.29) is 11.7 Å². The smallest absolute Gasteiger partial charge is 0.270 e. The van der Waals surface area contributed by atoms with Crippen molar-refractivity contribution < 1.29 is 9.66 Å². The Hall–Kier alpha value is -3.94. The summed E-state index contributed by atoms with van der Waals surface area (Å²) in [5.74, 6) is 1.20. The van der Waals surface area contributed by atoms with Crippen molar-refractivity contribution in [1.82, 2.24) is 14.6 Å². The van der Waals surface area contributed by atoms with Gasteiger partial charge in [-0.1, -0.05) is 30.3 Å². The molecule has 1 atom stereocenters. The summed E-state index contributed by atoms with van der Waals surface area (Å²) in [5, 5.41) is 19.1. The average molecular weight is 389 g/mol. The Morgan fingerprint density at radius 2 is 1.97 bits per heavy atom. The quantitative estimate of drug-likeness (QED) is 0.386. The molecule has 2 heterocycles. The minimum Gasteiger partial charge on any atom is -0.496 e. The molecule has 8 heteroatoms. The number of nitrogens with one attached hydrogen (secondary N) is 1. The Morgan fingerprint density at radius 3 is 2.69 bits per heavy atom. The van der Waals surface area contributed by atoms with E-state index < -0.39 is 4.92 Å². The van der Waals surface area contributed by atoms with Gasteiger partial charge < -0.3 is 10.1 Å². The van der Waals surface area contributed by atoms with Gasteiger partial charge in [-0.2, -0.15) is 5.10 Å². The number of non-ortho nitro benzene ring substituents is 1. The lowest BCUT2D eigenvalue weighted by molar-refractivity contribution is -0.384. The number of benzene rings is 2. The zero-order valence-electron chi connectivity index (χ0n) is 15.9. The van der Waals surface area contributed by atoms with Crippen LogP contribution in [-0.2, 0) is 0 Å². The number of nitro benzene ring substituents is 1. The summed E-state index contributed by atoms with van der Waals surface area (Å²) in [7, 11) is 1.54. The molecule has 2 aromatic carbocycles. The van der Waals surface area contributed by atoms with Crippen LogP contribution in [0.25, 0.3) is 16.8 Å². The van der Waals surface area contributed by atoms with E-state index in [2.05, 4.69) is 15.4 Å². The maximum Gasteiger partial charge on any atom is 0.270 e. The van der Waals surface area contributed by atoms with Crippen LogP contribution < -0.4 is 10.1 Å². The molecule has 2 aromatic heterocycles. The lowest BCUT2D eigenvalue weighted by Crippen LogP contribution is -2.11. The van der Waals surface area contributed by atoms with Gasteiger partial charge in [0.2, 0.25) is 0 Å². The molecule has 8 nitrogen and oxygen atoms in total. The van der Waals surface area contributed by atoms with E-state index in [1.165, 1.54) is 12.1 Å². The van der Waals surface area contributed by atoms with E-state index >= 15 is 0 Å². The van der Waals surface area contributed by atoms with Crippen molar-refractivity contribution in [3.63, 3.8) is 0 Å². The van der Waals surface area contributed by atoms with Gasteiger partial charge in [-0.25, -0.2) is 9.50 Å². The maximum absolute atomic E-state index is 11.2. The van der Waals surface area contributed by atoms with Crippen molar-refractivity contribution in [2.24, 2.45) is 0 Å². The van der Waals surface area contributed by atoms with Gasteiger partial charge in [-0.05, 0) is 19.1 Å². The second kappa shape index (κ2) is 7.59. The molecule has 0 aliphatic carbocycles. The predicted octanol–water partition coefficient (Wildman–Crippen LogP) is 4.49. The summed E-state index contributed by atoms with van der Waals surface area (Å²) in [6, 6.07) is 16.1. The molecule has 29 heavy (non-hydrogen) atoms. The third-order valence-corrected chi connectivity index (χ3v) is 4.70. The molecule has 0 saturated carbocycles. The van der Waals surface area contributed by atoms with Crippen LogP contribution >= 0.6 is 0 Å². The normalized spacial score (nSPS) is 11.9. The Balaban J connectivity index is 1.70. The van der Waals surface area contributed by atoms with Gasteiger partial charge in [0.05, 0.1) is 23.8 Å². The van der Waals surface area contributed by atoms with Crippen molar-refractivity contribution in [3.8, 4) is 17.0 Å². The van der Waals surface area contributed by atoms with Crippen LogP contribution in [0.2, 0.25) is 0 Å². The molecule has 0 radical (unpaired) electrons. The van der Waals surface area contributed by atoms with Crippen LogP contribution in [0.15, 0.2) is 67.0 Å². The molecule has 0 saturated heterocycles. The Bertz CT molecular complexity index is 1170. The first kappa shape index (κ1) is 18.4. The Labute approximate surface area is 166 Å². The standard InChI is InChI=1S/C21H19N5O3/c1-14(17-12-16(26(27)28)8-9-20(17)29-2)23-21-19-13-18(15-6-4-3-5-7-15)24-25(19)11-10-22-21/h3-14H,1-2H3,(H,22,23). The highest BCUT2D eigenvalue weighted by molar-refractivity contribution is 5.74. The zero-order chi connectivity index (χ0) is 20.4. The van der Waals surface area contributed by atoms with E-state index in [9.17, 15) is 10.1 Å². The van der Waals surface area contributed by atoms with Crippen molar-refractivity contribution in [3.05, 3.63) is 82.7 Å². The monoisotopic (exact) mass is 389 g/mol. The number of nitrogens with zero attached hydrogens (tertiary/aromatic N) is 4. The topological polar surface area (TPSA) is 94.6 Å². The number of methoxy groups -OCH3 is 1. The van der Waals surface area contributed by atoms with Crippen LogP contribution in [0.1, 0.15) is 18.5 Å². The van der Waals surface area contributed by atoms with Gasteiger partial charge in [0.15, 0.2) is 5.82 Å². The first-order valence-corrected chi connectivity index (χ1v) is 9.05. The molecule has 0 aliphatic heterocycles. The number of aromatic nitrogens is 3. The number of rotatable bonds is 6. The number of anilines is 1. The van der Waals surface area contributed by atoms with Crippen LogP contribution in [0.4, 0.5) is 11.5 Å². The molecule has 4 aromatic rings. The highest BCUT2D eigenvalue weighted by Gasteiger charge is 2.18. The molecule has 1 N–H and O–H groups in total. The Morgan fingerprint density at radius 1 is 1.17 bits per heavy atom. The van der Waals surface area contributed by atoms with E-state index in [1.807, 2.05) is 43.3 Å². The second-order valence-corrected chi connectivity index (χ2v) is 6.55. The fourth-order valence-electron chi connectivity index (χ4n) is 3.24. The van der Waals surface area contributed by atoms with Gasteiger partial charge >= 0.3 is 0 Å². The summed E-state index contributed by atoms with van der Waals surface area (Å²) in [5.41, 5.74) is 3.34. The molecule has 146 valence electrons. The molecule has 0 fully saturated rings. The van der Waals surface area contributed by atoms with Gasteiger partial charge in [0.1, 0.15) is 11.3 Å². The lowest BCUT2D eigenvalue weighted by atomic mass is 10.1. The molecule has 0 amide bonds. The van der Waals surface area contributed by atoms with Crippen LogP contribution in [0.5, 0.6) is 5.75 Å². The van der Waals surface area contributed by atoms with Gasteiger partial charge in [0.25, 0.3) is 5.69 Å². The molecule has 1 unspecified atom stereocenters. The summed E-state index contributed by atoms with van der Waals surface area (Å²) in [4.78, 5) is 15.2. The third-order valence-electron chi connectivity index (χ3n) is 4.70. The van der Waals surface area contributed by atoms with E-state index in [0.29, 0.717) is 17.1 Å². The van der Waals surface area contributed by atoms with Crippen molar-refractivity contribution in [2.45, 2.75) is 13.0 Å². The summed E-state index contributed by atoms with van der Waals surface area (Å²) < 4.78 is 7.15. The maximum atomic E-state index is 11.2. The predicted molar refractivity (Wildman–Crippen MR) is 110 cm³/mol. The van der Waals surface area contributed by atoms with Gasteiger partial charge in [-0.3, -0.25) is 10.1 Å². The second-order valence-electron chi connectivity index (χ2n) is 6.55. The average Bonchev–Trinajstić information content (AvgIpc) is 3.19. The van der Waals surface area contributed by atoms with Crippen LogP contribution in [-0.4, -0.2) is 26.6 Å². The number of ether oxygens (including phenoxy) is 1. The fourth-order valence-corrected chi connectivity index (χ4v) is 3.24. The largest absolute Gasteiger partial charge is 0.496 e. The van der Waals surface area contributed by atoms with E-state index in [1.54, 1.807) is 30.1 Å². The van der Waals surface area contributed by atoms with E-state index in [4.69, 9.17) is 4.74 Å². The minimum absolute atomic E-state index is 0.0105. The van der Waals surface area contributed by atoms with Crippen molar-refractivity contribution in [2.75, 3.05) is 12.4 Å². The number of hydrogen-bond acceptors (Lipinski definition) is 6. The molecule has 0 spiro atoms.